The van der Waals surface area contributed by atoms with E-state index >= 15 is 0 Å². The normalized spacial score (nSPS) is 20.8. The zero-order chi connectivity index (χ0) is 16.4. The lowest BCUT2D eigenvalue weighted by Crippen LogP contribution is -2.58. The van der Waals surface area contributed by atoms with Gasteiger partial charge in [0.1, 0.15) is 6.04 Å². The second kappa shape index (κ2) is 6.58. The zero-order valence-electron chi connectivity index (χ0n) is 12.5. The number of nitrogens with zero attached hydrogens (tertiary/aromatic N) is 1. The SMILES string of the molecule is O=C(CC1C(=O)NCCN1C(=O)C1CC1)Nc1cccc(Cl)c1. The Hall–Kier alpha value is -2.08. The van der Waals surface area contributed by atoms with Crippen molar-refractivity contribution in [2.45, 2.75) is 25.3 Å². The molecule has 3 amide bonds. The van der Waals surface area contributed by atoms with Crippen molar-refractivity contribution in [1.82, 2.24) is 10.2 Å². The van der Waals surface area contributed by atoms with Crippen molar-refractivity contribution >= 4 is 35.0 Å². The minimum absolute atomic E-state index is 0.0135. The minimum atomic E-state index is -0.740. The number of benzene rings is 1. The maximum atomic E-state index is 12.3. The smallest absolute Gasteiger partial charge is 0.243 e. The van der Waals surface area contributed by atoms with Crippen LogP contribution in [0.25, 0.3) is 0 Å². The number of carbonyl (C=O) groups excluding carboxylic acids is 3. The van der Waals surface area contributed by atoms with E-state index in [9.17, 15) is 14.4 Å². The Bertz CT molecular complexity index is 645. The van der Waals surface area contributed by atoms with Crippen LogP contribution in [0.2, 0.25) is 5.02 Å². The van der Waals surface area contributed by atoms with E-state index in [1.807, 2.05) is 0 Å². The highest BCUT2D eigenvalue weighted by Crippen LogP contribution is 2.32. The van der Waals surface area contributed by atoms with E-state index in [1.54, 1.807) is 29.2 Å². The van der Waals surface area contributed by atoms with E-state index in [4.69, 9.17) is 11.6 Å². The van der Waals surface area contributed by atoms with Crippen LogP contribution < -0.4 is 10.6 Å². The third kappa shape index (κ3) is 3.82. The van der Waals surface area contributed by atoms with E-state index in [2.05, 4.69) is 10.6 Å². The number of rotatable bonds is 4. The van der Waals surface area contributed by atoms with Gasteiger partial charge < -0.3 is 15.5 Å². The molecule has 1 atom stereocenters. The Morgan fingerprint density at radius 3 is 2.83 bits per heavy atom. The molecule has 1 aromatic rings. The summed E-state index contributed by atoms with van der Waals surface area (Å²) in [5, 5.41) is 5.95. The third-order valence-corrected chi connectivity index (χ3v) is 4.26. The second-order valence-electron chi connectivity index (χ2n) is 5.88. The van der Waals surface area contributed by atoms with Crippen LogP contribution in [0.3, 0.4) is 0 Å². The fourth-order valence-corrected chi connectivity index (χ4v) is 2.89. The van der Waals surface area contributed by atoms with Crippen LogP contribution in [-0.2, 0) is 14.4 Å². The Balaban J connectivity index is 1.66. The Labute approximate surface area is 139 Å². The molecular formula is C16H18ClN3O3. The quantitative estimate of drug-likeness (QED) is 0.873. The first kappa shape index (κ1) is 15.8. The summed E-state index contributed by atoms with van der Waals surface area (Å²) in [6.07, 6.45) is 1.69. The summed E-state index contributed by atoms with van der Waals surface area (Å²) in [5.41, 5.74) is 0.568. The van der Waals surface area contributed by atoms with Crippen molar-refractivity contribution in [3.8, 4) is 0 Å². The minimum Gasteiger partial charge on any atom is -0.353 e. The summed E-state index contributed by atoms with van der Waals surface area (Å²) in [6, 6.07) is 6.05. The molecule has 3 rings (SSSR count). The molecule has 1 heterocycles. The van der Waals surface area contributed by atoms with Gasteiger partial charge in [-0.25, -0.2) is 0 Å². The number of anilines is 1. The van der Waals surface area contributed by atoms with Gasteiger partial charge >= 0.3 is 0 Å². The van der Waals surface area contributed by atoms with Crippen LogP contribution >= 0.6 is 11.6 Å². The molecule has 1 aliphatic carbocycles. The largest absolute Gasteiger partial charge is 0.353 e. The molecule has 2 fully saturated rings. The second-order valence-corrected chi connectivity index (χ2v) is 6.31. The maximum absolute atomic E-state index is 12.3. The standard InChI is InChI=1S/C16H18ClN3O3/c17-11-2-1-3-12(8-11)19-14(21)9-13-15(22)18-6-7-20(13)16(23)10-4-5-10/h1-3,8,10,13H,4-7,9H2,(H,18,22)(H,19,21). The lowest BCUT2D eigenvalue weighted by atomic mass is 10.1. The topological polar surface area (TPSA) is 78.5 Å². The van der Waals surface area contributed by atoms with Crippen molar-refractivity contribution in [3.63, 3.8) is 0 Å². The molecule has 2 aliphatic rings. The van der Waals surface area contributed by atoms with Crippen molar-refractivity contribution < 1.29 is 14.4 Å². The van der Waals surface area contributed by atoms with Crippen molar-refractivity contribution in [2.24, 2.45) is 5.92 Å². The summed E-state index contributed by atoms with van der Waals surface area (Å²) in [6.45, 7) is 0.889. The Morgan fingerprint density at radius 1 is 1.35 bits per heavy atom. The van der Waals surface area contributed by atoms with Gasteiger partial charge in [-0.3, -0.25) is 14.4 Å². The number of halogens is 1. The van der Waals surface area contributed by atoms with E-state index in [0.29, 0.717) is 23.8 Å². The fourth-order valence-electron chi connectivity index (χ4n) is 2.70. The highest BCUT2D eigenvalue weighted by Gasteiger charge is 2.40. The van der Waals surface area contributed by atoms with Crippen LogP contribution in [0.5, 0.6) is 0 Å². The molecular weight excluding hydrogens is 318 g/mol. The van der Waals surface area contributed by atoms with Gasteiger partial charge in [0.05, 0.1) is 6.42 Å². The molecule has 0 radical (unpaired) electrons. The van der Waals surface area contributed by atoms with Crippen LogP contribution in [0.1, 0.15) is 19.3 Å². The number of amides is 3. The van der Waals surface area contributed by atoms with Gasteiger partial charge in [-0.05, 0) is 31.0 Å². The maximum Gasteiger partial charge on any atom is 0.243 e. The molecule has 1 aliphatic heterocycles. The fraction of sp³-hybridized carbons (Fsp3) is 0.438. The molecule has 0 bridgehead atoms. The van der Waals surface area contributed by atoms with Crippen LogP contribution in [0.15, 0.2) is 24.3 Å². The van der Waals surface area contributed by atoms with E-state index in [1.165, 1.54) is 0 Å². The van der Waals surface area contributed by atoms with Gasteiger partial charge in [-0.2, -0.15) is 0 Å². The summed E-state index contributed by atoms with van der Waals surface area (Å²) < 4.78 is 0. The molecule has 0 spiro atoms. The molecule has 122 valence electrons. The molecule has 1 saturated heterocycles. The van der Waals surface area contributed by atoms with Crippen molar-refractivity contribution in [3.05, 3.63) is 29.3 Å². The predicted molar refractivity (Wildman–Crippen MR) is 85.9 cm³/mol. The van der Waals surface area contributed by atoms with E-state index in [-0.39, 0.29) is 30.1 Å². The summed E-state index contributed by atoms with van der Waals surface area (Å²) >= 11 is 5.88. The Morgan fingerprint density at radius 2 is 2.13 bits per heavy atom. The molecule has 1 saturated carbocycles. The van der Waals surface area contributed by atoms with Crippen LogP contribution in [0, 0.1) is 5.92 Å². The van der Waals surface area contributed by atoms with Gasteiger partial charge in [-0.15, -0.1) is 0 Å². The first-order valence-corrected chi connectivity index (χ1v) is 8.06. The van der Waals surface area contributed by atoms with Gasteiger partial charge in [0, 0.05) is 29.7 Å². The molecule has 1 unspecified atom stereocenters. The first-order chi connectivity index (χ1) is 11.0. The molecule has 7 heteroatoms. The van der Waals surface area contributed by atoms with Crippen LogP contribution in [-0.4, -0.2) is 41.8 Å². The van der Waals surface area contributed by atoms with E-state index in [0.717, 1.165) is 12.8 Å². The molecule has 6 nitrogen and oxygen atoms in total. The first-order valence-electron chi connectivity index (χ1n) is 7.68. The number of nitrogens with one attached hydrogen (secondary N) is 2. The zero-order valence-corrected chi connectivity index (χ0v) is 13.3. The lowest BCUT2D eigenvalue weighted by molar-refractivity contribution is -0.145. The average molecular weight is 336 g/mol. The van der Waals surface area contributed by atoms with Crippen molar-refractivity contribution in [1.29, 1.82) is 0 Å². The van der Waals surface area contributed by atoms with E-state index < -0.39 is 6.04 Å². The highest BCUT2D eigenvalue weighted by atomic mass is 35.5. The monoisotopic (exact) mass is 335 g/mol. The lowest BCUT2D eigenvalue weighted by Gasteiger charge is -2.34. The number of piperazine rings is 1. The predicted octanol–water partition coefficient (Wildman–Crippen LogP) is 1.41. The number of carbonyl (C=O) groups is 3. The summed E-state index contributed by atoms with van der Waals surface area (Å²) in [4.78, 5) is 38.2. The molecule has 23 heavy (non-hydrogen) atoms. The van der Waals surface area contributed by atoms with Gasteiger partial charge in [0.25, 0.3) is 0 Å². The van der Waals surface area contributed by atoms with Gasteiger partial charge in [0.2, 0.25) is 17.7 Å². The Kier molecular flexibility index (Phi) is 4.52. The molecule has 0 aromatic heterocycles. The third-order valence-electron chi connectivity index (χ3n) is 4.03. The molecule has 1 aromatic carbocycles. The number of hydrogen-bond acceptors (Lipinski definition) is 3. The van der Waals surface area contributed by atoms with Gasteiger partial charge in [0.15, 0.2) is 0 Å². The summed E-state index contributed by atoms with van der Waals surface area (Å²) in [7, 11) is 0. The number of hydrogen-bond donors (Lipinski definition) is 2. The van der Waals surface area contributed by atoms with Crippen molar-refractivity contribution in [2.75, 3.05) is 18.4 Å². The van der Waals surface area contributed by atoms with Crippen LogP contribution in [0.4, 0.5) is 5.69 Å². The van der Waals surface area contributed by atoms with Gasteiger partial charge in [-0.1, -0.05) is 17.7 Å². The highest BCUT2D eigenvalue weighted by molar-refractivity contribution is 6.30. The molecule has 2 N–H and O–H groups in total. The average Bonchev–Trinajstić information content (AvgIpc) is 3.33. The summed E-state index contributed by atoms with van der Waals surface area (Å²) in [5.74, 6) is -0.575.